The van der Waals surface area contributed by atoms with Crippen LogP contribution in [0.4, 0.5) is 4.39 Å². The van der Waals surface area contributed by atoms with Gasteiger partial charge in [0.05, 0.1) is 18.8 Å². The van der Waals surface area contributed by atoms with Gasteiger partial charge in [-0.2, -0.15) is 0 Å². The molecule has 0 fully saturated rings. The molecule has 0 spiro atoms. The Kier molecular flexibility index (Phi) is 4.12. The lowest BCUT2D eigenvalue weighted by molar-refractivity contribution is 0.406. The summed E-state index contributed by atoms with van der Waals surface area (Å²) in [5.41, 5.74) is 8.65. The molecule has 4 heteroatoms. The van der Waals surface area contributed by atoms with E-state index in [9.17, 15) is 4.39 Å². The van der Waals surface area contributed by atoms with Gasteiger partial charge in [-0.15, -0.1) is 0 Å². The van der Waals surface area contributed by atoms with Crippen LogP contribution >= 0.6 is 0 Å². The maximum atomic E-state index is 13.4. The van der Waals surface area contributed by atoms with Crippen molar-refractivity contribution in [1.82, 2.24) is 4.98 Å². The van der Waals surface area contributed by atoms with Crippen molar-refractivity contribution >= 4 is 0 Å². The Balaban J connectivity index is 2.49. The van der Waals surface area contributed by atoms with Crippen LogP contribution in [-0.2, 0) is 6.42 Å². The van der Waals surface area contributed by atoms with Crippen LogP contribution in [0.2, 0.25) is 0 Å². The van der Waals surface area contributed by atoms with Crippen LogP contribution in [0.5, 0.6) is 5.75 Å². The molecule has 0 radical (unpaired) electrons. The van der Waals surface area contributed by atoms with E-state index >= 15 is 0 Å². The van der Waals surface area contributed by atoms with Crippen molar-refractivity contribution in [3.8, 4) is 5.75 Å². The van der Waals surface area contributed by atoms with Crippen molar-refractivity contribution in [3.63, 3.8) is 0 Å². The van der Waals surface area contributed by atoms with Crippen LogP contribution in [0.25, 0.3) is 0 Å². The molecule has 0 saturated heterocycles. The molecule has 2 N–H and O–H groups in total. The standard InChI is InChI=1S/C15H17FN2O/c1-3-10-5-4-8-18-15(10)14(17)12-9-11(16)6-7-13(12)19-2/h4-9,14H,3,17H2,1-2H3. The lowest BCUT2D eigenvalue weighted by Gasteiger charge is -2.17. The van der Waals surface area contributed by atoms with Crippen molar-refractivity contribution in [1.29, 1.82) is 0 Å². The van der Waals surface area contributed by atoms with E-state index in [2.05, 4.69) is 4.98 Å². The largest absolute Gasteiger partial charge is 0.496 e. The van der Waals surface area contributed by atoms with E-state index in [1.165, 1.54) is 12.1 Å². The minimum Gasteiger partial charge on any atom is -0.496 e. The first kappa shape index (κ1) is 13.5. The van der Waals surface area contributed by atoms with E-state index in [0.717, 1.165) is 17.7 Å². The van der Waals surface area contributed by atoms with Crippen LogP contribution in [0.1, 0.15) is 29.8 Å². The Morgan fingerprint density at radius 3 is 2.84 bits per heavy atom. The average Bonchev–Trinajstić information content (AvgIpc) is 2.46. The molecule has 19 heavy (non-hydrogen) atoms. The smallest absolute Gasteiger partial charge is 0.124 e. The second-order valence-corrected chi connectivity index (χ2v) is 4.27. The molecule has 1 atom stereocenters. The maximum Gasteiger partial charge on any atom is 0.124 e. The number of hydrogen-bond donors (Lipinski definition) is 1. The number of pyridine rings is 1. The van der Waals surface area contributed by atoms with E-state index in [1.54, 1.807) is 19.4 Å². The molecule has 3 nitrogen and oxygen atoms in total. The molecular formula is C15H17FN2O. The fourth-order valence-corrected chi connectivity index (χ4v) is 2.13. The lowest BCUT2D eigenvalue weighted by atomic mass is 9.98. The van der Waals surface area contributed by atoms with Crippen LogP contribution in [0.15, 0.2) is 36.5 Å². The Hall–Kier alpha value is -1.94. The Morgan fingerprint density at radius 2 is 2.16 bits per heavy atom. The van der Waals surface area contributed by atoms with Crippen molar-refractivity contribution < 1.29 is 9.13 Å². The normalized spacial score (nSPS) is 12.2. The molecule has 1 aromatic heterocycles. The Morgan fingerprint density at radius 1 is 1.37 bits per heavy atom. The number of ether oxygens (including phenoxy) is 1. The van der Waals surface area contributed by atoms with Crippen molar-refractivity contribution in [2.45, 2.75) is 19.4 Å². The van der Waals surface area contributed by atoms with E-state index in [1.807, 2.05) is 19.1 Å². The molecule has 0 saturated carbocycles. The predicted octanol–water partition coefficient (Wildman–Crippen LogP) is 2.84. The summed E-state index contributed by atoms with van der Waals surface area (Å²) in [5.74, 6) is 0.238. The van der Waals surface area contributed by atoms with Crippen LogP contribution in [-0.4, -0.2) is 12.1 Å². The number of nitrogens with two attached hydrogens (primary N) is 1. The molecule has 0 amide bonds. The highest BCUT2D eigenvalue weighted by molar-refractivity contribution is 5.41. The van der Waals surface area contributed by atoms with Crippen molar-refractivity contribution in [3.05, 3.63) is 59.2 Å². The van der Waals surface area contributed by atoms with Crippen LogP contribution in [0, 0.1) is 5.82 Å². The van der Waals surface area contributed by atoms with Gasteiger partial charge < -0.3 is 10.5 Å². The highest BCUT2D eigenvalue weighted by Gasteiger charge is 2.18. The molecule has 2 rings (SSSR count). The van der Waals surface area contributed by atoms with Gasteiger partial charge in [-0.05, 0) is 36.2 Å². The zero-order valence-electron chi connectivity index (χ0n) is 11.1. The number of hydrogen-bond acceptors (Lipinski definition) is 3. The molecule has 0 aliphatic carbocycles. The molecule has 100 valence electrons. The average molecular weight is 260 g/mol. The van der Waals surface area contributed by atoms with Gasteiger partial charge in [-0.3, -0.25) is 4.98 Å². The number of halogens is 1. The number of rotatable bonds is 4. The summed E-state index contributed by atoms with van der Waals surface area (Å²) < 4.78 is 18.7. The number of aryl methyl sites for hydroxylation is 1. The minimum absolute atomic E-state index is 0.333. The van der Waals surface area contributed by atoms with Gasteiger partial charge in [0, 0.05) is 11.8 Å². The van der Waals surface area contributed by atoms with Gasteiger partial charge in [-0.1, -0.05) is 13.0 Å². The Bertz CT molecular complexity index is 572. The van der Waals surface area contributed by atoms with Gasteiger partial charge in [0.15, 0.2) is 0 Å². The zero-order valence-corrected chi connectivity index (χ0v) is 11.1. The molecule has 1 unspecified atom stereocenters. The van der Waals surface area contributed by atoms with E-state index in [-0.39, 0.29) is 5.82 Å². The predicted molar refractivity (Wildman–Crippen MR) is 72.6 cm³/mol. The molecule has 0 bridgehead atoms. The molecule has 1 aromatic carbocycles. The molecule has 0 aliphatic heterocycles. The van der Waals surface area contributed by atoms with Crippen LogP contribution < -0.4 is 10.5 Å². The zero-order chi connectivity index (χ0) is 13.8. The first-order chi connectivity index (χ1) is 9.17. The quantitative estimate of drug-likeness (QED) is 0.919. The second-order valence-electron chi connectivity index (χ2n) is 4.27. The molecule has 1 heterocycles. The van der Waals surface area contributed by atoms with Gasteiger partial charge in [0.1, 0.15) is 11.6 Å². The monoisotopic (exact) mass is 260 g/mol. The first-order valence-corrected chi connectivity index (χ1v) is 6.20. The Labute approximate surface area is 112 Å². The topological polar surface area (TPSA) is 48.1 Å². The van der Waals surface area contributed by atoms with E-state index in [4.69, 9.17) is 10.5 Å². The summed E-state index contributed by atoms with van der Waals surface area (Å²) in [6.07, 6.45) is 2.52. The number of benzene rings is 1. The number of nitrogens with zero attached hydrogens (tertiary/aromatic N) is 1. The van der Waals surface area contributed by atoms with Crippen molar-refractivity contribution in [2.24, 2.45) is 5.73 Å². The minimum atomic E-state index is -0.498. The van der Waals surface area contributed by atoms with E-state index in [0.29, 0.717) is 11.3 Å². The molecular weight excluding hydrogens is 243 g/mol. The highest BCUT2D eigenvalue weighted by atomic mass is 19.1. The van der Waals surface area contributed by atoms with E-state index < -0.39 is 6.04 Å². The summed E-state index contributed by atoms with van der Waals surface area (Å²) in [6.45, 7) is 2.04. The number of aromatic nitrogens is 1. The second kappa shape index (κ2) is 5.80. The highest BCUT2D eigenvalue weighted by Crippen LogP contribution is 2.29. The fourth-order valence-electron chi connectivity index (χ4n) is 2.13. The fraction of sp³-hybridized carbons (Fsp3) is 0.267. The van der Waals surface area contributed by atoms with Crippen molar-refractivity contribution in [2.75, 3.05) is 7.11 Å². The molecule has 2 aromatic rings. The van der Waals surface area contributed by atoms with Gasteiger partial charge in [0.2, 0.25) is 0 Å². The number of methoxy groups -OCH3 is 1. The summed E-state index contributed by atoms with van der Waals surface area (Å²) >= 11 is 0. The van der Waals surface area contributed by atoms with Gasteiger partial charge >= 0.3 is 0 Å². The van der Waals surface area contributed by atoms with Gasteiger partial charge in [0.25, 0.3) is 0 Å². The SMILES string of the molecule is CCc1cccnc1C(N)c1cc(F)ccc1OC. The third kappa shape index (κ3) is 2.74. The van der Waals surface area contributed by atoms with Gasteiger partial charge in [-0.25, -0.2) is 4.39 Å². The first-order valence-electron chi connectivity index (χ1n) is 6.20. The van der Waals surface area contributed by atoms with Crippen LogP contribution in [0.3, 0.4) is 0 Å². The lowest BCUT2D eigenvalue weighted by Crippen LogP contribution is -2.17. The third-order valence-electron chi connectivity index (χ3n) is 3.13. The summed E-state index contributed by atoms with van der Waals surface area (Å²) in [5, 5.41) is 0. The molecule has 0 aliphatic rings. The summed E-state index contributed by atoms with van der Waals surface area (Å²) in [7, 11) is 1.54. The third-order valence-corrected chi connectivity index (χ3v) is 3.13. The summed E-state index contributed by atoms with van der Waals surface area (Å²) in [4.78, 5) is 4.33. The summed E-state index contributed by atoms with van der Waals surface area (Å²) in [6, 6.07) is 7.69. The maximum absolute atomic E-state index is 13.4.